The molecule has 1 unspecified atom stereocenters. The van der Waals surface area contributed by atoms with E-state index in [9.17, 15) is 0 Å². The third-order valence-electron chi connectivity index (χ3n) is 1.45. The Balaban J connectivity index is 2.50. The molecule has 1 atom stereocenters. The third-order valence-corrected chi connectivity index (χ3v) is 2.01. The molecule has 62 valence electrons. The van der Waals surface area contributed by atoms with Gasteiger partial charge in [-0.1, -0.05) is 0 Å². The molecule has 0 amide bonds. The Labute approximate surface area is 79.9 Å². The molecule has 1 rings (SSSR count). The number of ether oxygens (including phenoxy) is 1. The molecule has 0 N–H and O–H groups in total. The lowest BCUT2D eigenvalue weighted by Crippen LogP contribution is -2.14. The van der Waals surface area contributed by atoms with Gasteiger partial charge in [0.05, 0.1) is 22.4 Å². The van der Waals surface area contributed by atoms with Gasteiger partial charge in [0, 0.05) is 13.3 Å². The van der Waals surface area contributed by atoms with E-state index in [0.29, 0.717) is 0 Å². The molecule has 0 spiro atoms. The van der Waals surface area contributed by atoms with Crippen molar-refractivity contribution < 1.29 is 4.74 Å². The highest BCUT2D eigenvalue weighted by atomic mass is 127. The van der Waals surface area contributed by atoms with Gasteiger partial charge >= 0.3 is 0 Å². The minimum absolute atomic E-state index is 0.227. The van der Waals surface area contributed by atoms with Gasteiger partial charge in [0.1, 0.15) is 0 Å². The summed E-state index contributed by atoms with van der Waals surface area (Å²) in [5, 5.41) is 4.13. The molecular weight excluding hydrogens is 255 g/mol. The van der Waals surface area contributed by atoms with E-state index in [1.807, 2.05) is 24.0 Å². The maximum absolute atomic E-state index is 5.10. The quantitative estimate of drug-likeness (QED) is 0.776. The number of methoxy groups -OCH3 is 1. The van der Waals surface area contributed by atoms with Crippen LogP contribution in [0.2, 0.25) is 0 Å². The van der Waals surface area contributed by atoms with Crippen LogP contribution < -0.4 is 0 Å². The van der Waals surface area contributed by atoms with Crippen molar-refractivity contribution in [1.29, 1.82) is 0 Å². The van der Waals surface area contributed by atoms with Gasteiger partial charge < -0.3 is 4.74 Å². The van der Waals surface area contributed by atoms with Crippen molar-refractivity contribution >= 4 is 22.6 Å². The number of halogens is 1. The predicted molar refractivity (Wildman–Crippen MR) is 51.4 cm³/mol. The molecule has 0 aliphatic carbocycles. The van der Waals surface area contributed by atoms with Crippen LogP contribution in [0.4, 0.5) is 0 Å². The molecule has 0 saturated carbocycles. The fraction of sp³-hybridized carbons (Fsp3) is 0.571. The highest BCUT2D eigenvalue weighted by Gasteiger charge is 2.00. The first-order valence-corrected chi connectivity index (χ1v) is 4.51. The van der Waals surface area contributed by atoms with Crippen LogP contribution in [0, 0.1) is 3.57 Å². The Hall–Kier alpha value is -0.100. The molecule has 3 nitrogen and oxygen atoms in total. The second-order valence-corrected chi connectivity index (χ2v) is 3.67. The number of hydrogen-bond donors (Lipinski definition) is 0. The summed E-state index contributed by atoms with van der Waals surface area (Å²) in [5.41, 5.74) is 0. The minimum Gasteiger partial charge on any atom is -0.380 e. The Morgan fingerprint density at radius 3 is 3.00 bits per heavy atom. The zero-order chi connectivity index (χ0) is 8.27. The Kier molecular flexibility index (Phi) is 3.32. The van der Waals surface area contributed by atoms with Gasteiger partial charge in [-0.05, 0) is 29.5 Å². The van der Waals surface area contributed by atoms with Crippen molar-refractivity contribution in [3.63, 3.8) is 0 Å². The monoisotopic (exact) mass is 266 g/mol. The molecule has 0 saturated heterocycles. The highest BCUT2D eigenvalue weighted by molar-refractivity contribution is 14.1. The molecule has 0 fully saturated rings. The van der Waals surface area contributed by atoms with Gasteiger partial charge in [-0.3, -0.25) is 4.68 Å². The third kappa shape index (κ3) is 2.78. The van der Waals surface area contributed by atoms with Gasteiger partial charge in [0.25, 0.3) is 0 Å². The highest BCUT2D eigenvalue weighted by Crippen LogP contribution is 2.02. The standard InChI is InChI=1S/C7H11IN2O/c1-6(11-2)4-10-5-7(8)3-9-10/h3,5-6H,4H2,1-2H3. The van der Waals surface area contributed by atoms with Crippen LogP contribution in [-0.4, -0.2) is 23.0 Å². The molecule has 1 aromatic rings. The van der Waals surface area contributed by atoms with E-state index in [1.165, 1.54) is 0 Å². The van der Waals surface area contributed by atoms with Crippen LogP contribution in [0.1, 0.15) is 6.92 Å². The van der Waals surface area contributed by atoms with Gasteiger partial charge in [0.2, 0.25) is 0 Å². The second-order valence-electron chi connectivity index (χ2n) is 2.43. The molecule has 0 aliphatic heterocycles. The van der Waals surface area contributed by atoms with Gasteiger partial charge in [-0.2, -0.15) is 5.10 Å². The molecule has 0 aliphatic rings. The molecule has 1 heterocycles. The number of hydrogen-bond acceptors (Lipinski definition) is 2. The average Bonchev–Trinajstić information content (AvgIpc) is 2.35. The SMILES string of the molecule is COC(C)Cn1cc(I)cn1. The van der Waals surface area contributed by atoms with E-state index >= 15 is 0 Å². The number of nitrogens with zero attached hydrogens (tertiary/aromatic N) is 2. The molecule has 0 radical (unpaired) electrons. The van der Waals surface area contributed by atoms with Crippen molar-refractivity contribution in [1.82, 2.24) is 9.78 Å². The minimum atomic E-state index is 0.227. The van der Waals surface area contributed by atoms with E-state index in [2.05, 4.69) is 27.7 Å². The maximum Gasteiger partial charge on any atom is 0.0739 e. The molecule has 4 heteroatoms. The fourth-order valence-corrected chi connectivity index (χ4v) is 1.22. The maximum atomic E-state index is 5.10. The van der Waals surface area contributed by atoms with Crippen molar-refractivity contribution in [2.75, 3.05) is 7.11 Å². The van der Waals surface area contributed by atoms with Crippen LogP contribution in [0.15, 0.2) is 12.4 Å². The average molecular weight is 266 g/mol. The summed E-state index contributed by atoms with van der Waals surface area (Å²) in [7, 11) is 1.71. The number of aromatic nitrogens is 2. The van der Waals surface area contributed by atoms with E-state index in [0.717, 1.165) is 10.1 Å². The van der Waals surface area contributed by atoms with Crippen molar-refractivity contribution in [2.45, 2.75) is 19.6 Å². The fourth-order valence-electron chi connectivity index (χ4n) is 0.776. The Morgan fingerprint density at radius 2 is 2.55 bits per heavy atom. The van der Waals surface area contributed by atoms with Gasteiger partial charge in [0.15, 0.2) is 0 Å². The molecular formula is C7H11IN2O. The second kappa shape index (κ2) is 4.06. The van der Waals surface area contributed by atoms with E-state index in [4.69, 9.17) is 4.74 Å². The summed E-state index contributed by atoms with van der Waals surface area (Å²) < 4.78 is 8.14. The van der Waals surface area contributed by atoms with Crippen LogP contribution in [0.5, 0.6) is 0 Å². The van der Waals surface area contributed by atoms with Gasteiger partial charge in [-0.25, -0.2) is 0 Å². The summed E-state index contributed by atoms with van der Waals surface area (Å²) >= 11 is 2.24. The van der Waals surface area contributed by atoms with Gasteiger partial charge in [-0.15, -0.1) is 0 Å². The smallest absolute Gasteiger partial charge is 0.0739 e. The van der Waals surface area contributed by atoms with E-state index in [-0.39, 0.29) is 6.10 Å². The lowest BCUT2D eigenvalue weighted by Gasteiger charge is -2.08. The van der Waals surface area contributed by atoms with Crippen LogP contribution in [0.3, 0.4) is 0 Å². The lowest BCUT2D eigenvalue weighted by atomic mass is 10.4. The van der Waals surface area contributed by atoms with Crippen LogP contribution >= 0.6 is 22.6 Å². The first kappa shape index (κ1) is 8.99. The van der Waals surface area contributed by atoms with Crippen molar-refractivity contribution in [2.24, 2.45) is 0 Å². The zero-order valence-electron chi connectivity index (χ0n) is 6.62. The molecule has 0 bridgehead atoms. The lowest BCUT2D eigenvalue weighted by molar-refractivity contribution is 0.0998. The molecule has 11 heavy (non-hydrogen) atoms. The summed E-state index contributed by atoms with van der Waals surface area (Å²) in [5.74, 6) is 0. The van der Waals surface area contributed by atoms with Crippen molar-refractivity contribution in [3.8, 4) is 0 Å². The Bertz CT molecular complexity index is 224. The summed E-state index contributed by atoms with van der Waals surface area (Å²) in [6.07, 6.45) is 4.06. The van der Waals surface area contributed by atoms with Crippen LogP contribution in [0.25, 0.3) is 0 Å². The summed E-state index contributed by atoms with van der Waals surface area (Å²) in [4.78, 5) is 0. The first-order chi connectivity index (χ1) is 5.22. The first-order valence-electron chi connectivity index (χ1n) is 3.43. The summed E-state index contributed by atoms with van der Waals surface area (Å²) in [6.45, 7) is 2.84. The normalized spacial score (nSPS) is 13.4. The zero-order valence-corrected chi connectivity index (χ0v) is 8.78. The largest absolute Gasteiger partial charge is 0.380 e. The molecule has 1 aromatic heterocycles. The van der Waals surface area contributed by atoms with Crippen LogP contribution in [-0.2, 0) is 11.3 Å². The number of rotatable bonds is 3. The van der Waals surface area contributed by atoms with E-state index in [1.54, 1.807) is 7.11 Å². The summed E-state index contributed by atoms with van der Waals surface area (Å²) in [6, 6.07) is 0. The topological polar surface area (TPSA) is 27.1 Å². The Morgan fingerprint density at radius 1 is 1.82 bits per heavy atom. The predicted octanol–water partition coefficient (Wildman–Crippen LogP) is 1.52. The van der Waals surface area contributed by atoms with Crippen molar-refractivity contribution in [3.05, 3.63) is 16.0 Å². The molecule has 0 aromatic carbocycles. The van der Waals surface area contributed by atoms with E-state index < -0.39 is 0 Å².